The largest absolute Gasteiger partial charge is 0.459 e. The Morgan fingerprint density at radius 2 is 2.14 bits per heavy atom. The summed E-state index contributed by atoms with van der Waals surface area (Å²) in [5.41, 5.74) is 0.725. The lowest BCUT2D eigenvalue weighted by Crippen LogP contribution is -2.38. The van der Waals surface area contributed by atoms with Gasteiger partial charge in [-0.1, -0.05) is 45.6 Å². The molecule has 2 rings (SSSR count). The Hall–Kier alpha value is -1.09. The summed E-state index contributed by atoms with van der Waals surface area (Å²) in [7, 11) is 0. The molecular weight excluding hydrogens is 264 g/mol. The van der Waals surface area contributed by atoms with Gasteiger partial charge >= 0.3 is 5.97 Å². The molecule has 0 aromatic carbocycles. The third-order valence-electron chi connectivity index (χ3n) is 5.69. The highest BCUT2D eigenvalue weighted by atomic mass is 16.7. The van der Waals surface area contributed by atoms with E-state index in [9.17, 15) is 4.79 Å². The Balaban J connectivity index is 2.01. The zero-order valence-corrected chi connectivity index (χ0v) is 13.8. The number of rotatable bonds is 5. The van der Waals surface area contributed by atoms with Crippen LogP contribution in [0.3, 0.4) is 0 Å². The third kappa shape index (κ3) is 2.94. The number of ether oxygens (including phenoxy) is 2. The molecule has 3 nitrogen and oxygen atoms in total. The first-order chi connectivity index (χ1) is 9.73. The third-order valence-corrected chi connectivity index (χ3v) is 5.69. The molecule has 0 amide bonds. The molecule has 1 saturated carbocycles. The fourth-order valence-corrected chi connectivity index (χ4v) is 3.49. The van der Waals surface area contributed by atoms with Gasteiger partial charge in [0.15, 0.2) is 5.60 Å². The molecule has 1 heterocycles. The van der Waals surface area contributed by atoms with Gasteiger partial charge in [-0.3, -0.25) is 0 Å². The molecule has 0 aromatic rings. The molecular formula is C18H28O3. The van der Waals surface area contributed by atoms with Gasteiger partial charge in [-0.25, -0.2) is 4.79 Å². The minimum atomic E-state index is -0.778. The van der Waals surface area contributed by atoms with Crippen LogP contribution in [0, 0.1) is 17.3 Å². The molecule has 0 radical (unpaired) electrons. The van der Waals surface area contributed by atoms with E-state index in [2.05, 4.69) is 33.9 Å². The molecule has 21 heavy (non-hydrogen) atoms. The molecule has 118 valence electrons. The van der Waals surface area contributed by atoms with E-state index in [4.69, 9.17) is 9.47 Å². The van der Waals surface area contributed by atoms with Crippen molar-refractivity contribution in [1.82, 2.24) is 0 Å². The van der Waals surface area contributed by atoms with E-state index < -0.39 is 5.60 Å². The van der Waals surface area contributed by atoms with E-state index in [0.717, 1.165) is 12.8 Å². The van der Waals surface area contributed by atoms with E-state index in [0.29, 0.717) is 11.8 Å². The van der Waals surface area contributed by atoms with Gasteiger partial charge in [0.1, 0.15) is 6.61 Å². The SMILES string of the molecule is C=CCOC(=O)C1(C)OC1CC1C(=C)CCC(C)C1(C)C. The van der Waals surface area contributed by atoms with Gasteiger partial charge < -0.3 is 9.47 Å². The van der Waals surface area contributed by atoms with Crippen molar-refractivity contribution in [1.29, 1.82) is 0 Å². The molecule has 0 spiro atoms. The zero-order valence-electron chi connectivity index (χ0n) is 13.8. The quantitative estimate of drug-likeness (QED) is 0.438. The summed E-state index contributed by atoms with van der Waals surface area (Å²) in [5, 5.41) is 0. The van der Waals surface area contributed by atoms with Crippen LogP contribution < -0.4 is 0 Å². The summed E-state index contributed by atoms with van der Waals surface area (Å²) < 4.78 is 10.8. The van der Waals surface area contributed by atoms with Gasteiger partial charge in [-0.05, 0) is 43.4 Å². The van der Waals surface area contributed by atoms with Crippen LogP contribution in [0.4, 0.5) is 0 Å². The highest BCUT2D eigenvalue weighted by Gasteiger charge is 2.61. The molecule has 1 aliphatic heterocycles. The average Bonchev–Trinajstić information content (AvgIpc) is 3.09. The summed E-state index contributed by atoms with van der Waals surface area (Å²) in [6.45, 7) is 16.8. The van der Waals surface area contributed by atoms with Crippen molar-refractivity contribution in [3.63, 3.8) is 0 Å². The smallest absolute Gasteiger partial charge is 0.341 e. The van der Waals surface area contributed by atoms with E-state index in [-0.39, 0.29) is 24.1 Å². The number of allylic oxidation sites excluding steroid dienone is 1. The number of hydrogen-bond acceptors (Lipinski definition) is 3. The molecule has 2 aliphatic rings. The van der Waals surface area contributed by atoms with Crippen LogP contribution in [0.25, 0.3) is 0 Å². The van der Waals surface area contributed by atoms with Crippen molar-refractivity contribution in [2.24, 2.45) is 17.3 Å². The Morgan fingerprint density at radius 1 is 1.48 bits per heavy atom. The van der Waals surface area contributed by atoms with Crippen molar-refractivity contribution in [2.75, 3.05) is 6.61 Å². The second kappa shape index (κ2) is 5.60. The van der Waals surface area contributed by atoms with Gasteiger partial charge in [0.2, 0.25) is 0 Å². The second-order valence-electron chi connectivity index (χ2n) is 7.31. The molecule has 0 aromatic heterocycles. The number of esters is 1. The maximum absolute atomic E-state index is 12.0. The van der Waals surface area contributed by atoms with Crippen molar-refractivity contribution in [2.45, 2.75) is 58.7 Å². The summed E-state index contributed by atoms with van der Waals surface area (Å²) in [6.07, 6.45) is 4.66. The average molecular weight is 292 g/mol. The first-order valence-corrected chi connectivity index (χ1v) is 7.87. The van der Waals surface area contributed by atoms with Crippen LogP contribution in [0.15, 0.2) is 24.8 Å². The first kappa shape index (κ1) is 16.3. The summed E-state index contributed by atoms with van der Waals surface area (Å²) >= 11 is 0. The van der Waals surface area contributed by atoms with E-state index in [1.165, 1.54) is 12.0 Å². The van der Waals surface area contributed by atoms with Crippen molar-refractivity contribution >= 4 is 5.97 Å². The topological polar surface area (TPSA) is 38.8 Å². The van der Waals surface area contributed by atoms with E-state index in [1.54, 1.807) is 6.08 Å². The molecule has 2 fully saturated rings. The predicted octanol–water partition coefficient (Wildman–Crippen LogP) is 3.89. The minimum Gasteiger partial charge on any atom is -0.459 e. The first-order valence-electron chi connectivity index (χ1n) is 7.87. The van der Waals surface area contributed by atoms with Gasteiger partial charge in [-0.15, -0.1) is 0 Å². The predicted molar refractivity (Wildman–Crippen MR) is 83.9 cm³/mol. The van der Waals surface area contributed by atoms with Crippen LogP contribution in [0.1, 0.15) is 47.0 Å². The van der Waals surface area contributed by atoms with Gasteiger partial charge in [0.25, 0.3) is 0 Å². The molecule has 3 heteroatoms. The van der Waals surface area contributed by atoms with Crippen molar-refractivity contribution < 1.29 is 14.3 Å². The lowest BCUT2D eigenvalue weighted by atomic mass is 9.60. The Bertz CT molecular complexity index is 451. The highest BCUT2D eigenvalue weighted by molar-refractivity contribution is 5.83. The molecule has 1 saturated heterocycles. The number of hydrogen-bond donors (Lipinski definition) is 0. The Labute approximate surface area is 128 Å². The number of carbonyl (C=O) groups excluding carboxylic acids is 1. The highest BCUT2D eigenvalue weighted by Crippen LogP contribution is 2.52. The van der Waals surface area contributed by atoms with Crippen molar-refractivity contribution in [3.8, 4) is 0 Å². The number of epoxide rings is 1. The molecule has 0 bridgehead atoms. The molecule has 1 aliphatic carbocycles. The normalized spacial score (nSPS) is 37.9. The van der Waals surface area contributed by atoms with Crippen LogP contribution in [0.5, 0.6) is 0 Å². The summed E-state index contributed by atoms with van der Waals surface area (Å²) in [5.74, 6) is 0.783. The summed E-state index contributed by atoms with van der Waals surface area (Å²) in [4.78, 5) is 12.0. The van der Waals surface area contributed by atoms with E-state index in [1.807, 2.05) is 6.92 Å². The Kier molecular flexibility index (Phi) is 4.34. The van der Waals surface area contributed by atoms with Crippen LogP contribution in [0.2, 0.25) is 0 Å². The zero-order chi connectivity index (χ0) is 15.8. The van der Waals surface area contributed by atoms with Crippen LogP contribution in [-0.2, 0) is 14.3 Å². The van der Waals surface area contributed by atoms with Crippen molar-refractivity contribution in [3.05, 3.63) is 24.8 Å². The lowest BCUT2D eigenvalue weighted by Gasteiger charge is -2.45. The van der Waals surface area contributed by atoms with Gasteiger partial charge in [-0.2, -0.15) is 0 Å². The maximum Gasteiger partial charge on any atom is 0.341 e. The van der Waals surface area contributed by atoms with Crippen LogP contribution >= 0.6 is 0 Å². The maximum atomic E-state index is 12.0. The molecule has 4 atom stereocenters. The number of carbonyl (C=O) groups is 1. The summed E-state index contributed by atoms with van der Waals surface area (Å²) in [6, 6.07) is 0. The van der Waals surface area contributed by atoms with Gasteiger partial charge in [0, 0.05) is 0 Å². The lowest BCUT2D eigenvalue weighted by molar-refractivity contribution is -0.148. The second-order valence-corrected chi connectivity index (χ2v) is 7.31. The molecule has 4 unspecified atom stereocenters. The van der Waals surface area contributed by atoms with Gasteiger partial charge in [0.05, 0.1) is 6.10 Å². The fourth-order valence-electron chi connectivity index (χ4n) is 3.49. The minimum absolute atomic E-state index is 0.0545. The standard InChI is InChI=1S/C18H28O3/c1-7-10-20-16(19)18(6)15(21-18)11-14-12(2)8-9-13(3)17(14,4)5/h7,13-15H,1-2,8-11H2,3-6H3. The molecule has 0 N–H and O–H groups in total. The Morgan fingerprint density at radius 3 is 2.76 bits per heavy atom. The van der Waals surface area contributed by atoms with Crippen LogP contribution in [-0.4, -0.2) is 24.3 Å². The fraction of sp³-hybridized carbons (Fsp3) is 0.722. The van der Waals surface area contributed by atoms with E-state index >= 15 is 0 Å². The monoisotopic (exact) mass is 292 g/mol.